The van der Waals surface area contributed by atoms with Gasteiger partial charge in [-0.1, -0.05) is 125 Å². The molecule has 14 nitrogen and oxygen atoms in total. The molecule has 13 atom stereocenters. The number of hydrogen-bond acceptors (Lipinski definition) is 14. The zero-order valence-corrected chi connectivity index (χ0v) is 76.1. The van der Waals surface area contributed by atoms with E-state index in [9.17, 15) is 0 Å². The van der Waals surface area contributed by atoms with Gasteiger partial charge in [0.15, 0.2) is 0 Å². The van der Waals surface area contributed by atoms with Gasteiger partial charge in [0.05, 0.1) is 36.6 Å². The third kappa shape index (κ3) is 51.2. The van der Waals surface area contributed by atoms with Crippen LogP contribution in [0.3, 0.4) is 0 Å². The van der Waals surface area contributed by atoms with Crippen LogP contribution in [-0.2, 0) is 14.2 Å². The fraction of sp³-hybridized carbons (Fsp3) is 1.00. The third-order valence-electron chi connectivity index (χ3n) is 20.9. The van der Waals surface area contributed by atoms with Gasteiger partial charge in [-0.05, 0) is 302 Å². The van der Waals surface area contributed by atoms with E-state index in [0.717, 1.165) is 108 Å². The van der Waals surface area contributed by atoms with Gasteiger partial charge >= 0.3 is 0 Å². The lowest BCUT2D eigenvalue weighted by molar-refractivity contribution is -0.0183. The molecule has 4 unspecified atom stereocenters. The van der Waals surface area contributed by atoms with Gasteiger partial charge in [-0.2, -0.15) is 0 Å². The average Bonchev–Trinajstić information content (AvgIpc) is 1.78. The van der Waals surface area contributed by atoms with E-state index in [1.165, 1.54) is 181 Å². The lowest BCUT2D eigenvalue weighted by Crippen LogP contribution is -2.49. The van der Waals surface area contributed by atoms with Gasteiger partial charge in [0, 0.05) is 121 Å². The molecule has 0 aliphatic carbocycles. The molecular formula is C90H191N11O3. The van der Waals surface area contributed by atoms with Crippen LogP contribution in [0.1, 0.15) is 363 Å². The van der Waals surface area contributed by atoms with Crippen LogP contribution < -0.4 is 37.2 Å². The van der Waals surface area contributed by atoms with Crippen LogP contribution in [0.2, 0.25) is 0 Å². The molecule has 0 amide bonds. The normalized spacial score (nSPS) is 29.0. The monoisotopic (exact) mass is 1470 g/mol. The van der Waals surface area contributed by atoms with E-state index >= 15 is 0 Å². The summed E-state index contributed by atoms with van der Waals surface area (Å²) >= 11 is 0. The Morgan fingerprint density at radius 2 is 0.538 bits per heavy atom. The lowest BCUT2D eigenvalue weighted by Gasteiger charge is -2.40. The highest BCUT2D eigenvalue weighted by atomic mass is 16.5. The number of hydrogen-bond donors (Lipinski definition) is 7. The second-order valence-corrected chi connectivity index (χ2v) is 39.4. The van der Waals surface area contributed by atoms with Gasteiger partial charge in [0.25, 0.3) is 0 Å². The highest BCUT2D eigenvalue weighted by Crippen LogP contribution is 2.32. The van der Waals surface area contributed by atoms with Gasteiger partial charge in [-0.3, -0.25) is 4.90 Å². The first-order valence-electron chi connectivity index (χ1n) is 44.8. The Morgan fingerprint density at radius 1 is 0.288 bits per heavy atom. The van der Waals surface area contributed by atoms with Crippen molar-refractivity contribution in [3.63, 3.8) is 0 Å². The van der Waals surface area contributed by atoms with Crippen LogP contribution in [-0.4, -0.2) is 217 Å². The van der Waals surface area contributed by atoms with E-state index in [-0.39, 0.29) is 0 Å². The Bertz CT molecular complexity index is 1740. The Balaban J connectivity index is 0.000000586. The molecule has 11 aliphatic rings. The maximum absolute atomic E-state index is 5.83. The molecule has 11 aliphatic heterocycles. The molecule has 7 N–H and O–H groups in total. The number of nitrogens with one attached hydrogen (secondary N) is 7. The number of ether oxygens (including phenoxy) is 3. The Labute approximate surface area is 651 Å². The van der Waals surface area contributed by atoms with Crippen LogP contribution in [0.4, 0.5) is 0 Å². The zero-order valence-electron chi connectivity index (χ0n) is 76.1. The van der Waals surface area contributed by atoms with Crippen LogP contribution in [0.25, 0.3) is 0 Å². The van der Waals surface area contributed by atoms with Crippen molar-refractivity contribution in [3.8, 4) is 0 Å². The molecule has 0 radical (unpaired) electrons. The topological polar surface area (TPSA) is 125 Å². The quantitative estimate of drug-likeness (QED) is 0.0747. The summed E-state index contributed by atoms with van der Waals surface area (Å²) in [5.74, 6) is 3.33. The molecule has 0 aromatic carbocycles. The minimum absolute atomic E-state index is 0.396. The number of fused-ring (bicyclic) bond motifs is 8. The van der Waals surface area contributed by atoms with E-state index in [0.29, 0.717) is 66.8 Å². The fourth-order valence-corrected chi connectivity index (χ4v) is 16.5. The number of likely N-dealkylation sites (tertiary alicyclic amines) is 3. The largest absolute Gasteiger partial charge is 0.375 e. The SMILES string of the molecule is CC(C)C.CC(C)C.CC(C)C.CC(C)C.CC(C)N1CCC(N(C)C(C)C)CC1.CC(C)NC1CCN(C(C)C)CC1.CC(C)NC1C[C@H]2CC[C@@H](C1)N2.CC(C)N[C@H]1CCCN(C(C)C)C1.CC(C)OC1C[C@H]2CC[C@@H](C1)N2.CC(C)OC1C[C@H]2CC[C@@H](C1)N2.CC(C)OC1C[C@H]2CC[C@@H](C1)N2. The van der Waals surface area contributed by atoms with Gasteiger partial charge in [-0.15, -0.1) is 0 Å². The van der Waals surface area contributed by atoms with Crippen molar-refractivity contribution >= 4 is 0 Å². The summed E-state index contributed by atoms with van der Waals surface area (Å²) < 4.78 is 17.5. The molecule has 11 heterocycles. The maximum Gasteiger partial charge on any atom is 0.0608 e. The molecule has 0 aromatic heterocycles. The summed E-state index contributed by atoms with van der Waals surface area (Å²) in [6.07, 6.45) is 31.9. The number of rotatable bonds is 17. The van der Waals surface area contributed by atoms with Crippen LogP contribution in [0.15, 0.2) is 0 Å². The number of piperidine rings is 7. The van der Waals surface area contributed by atoms with Gasteiger partial charge in [0.2, 0.25) is 0 Å². The summed E-state index contributed by atoms with van der Waals surface area (Å²) in [4.78, 5) is 10.3. The van der Waals surface area contributed by atoms with E-state index in [1.54, 1.807) is 0 Å². The molecule has 0 saturated carbocycles. The maximum atomic E-state index is 5.83. The molecule has 11 saturated heterocycles. The van der Waals surface area contributed by atoms with E-state index in [1.807, 2.05) is 0 Å². The number of nitrogens with zero attached hydrogens (tertiary/aromatic N) is 4. The highest BCUT2D eigenvalue weighted by Gasteiger charge is 2.37. The predicted molar refractivity (Wildman–Crippen MR) is 459 cm³/mol. The summed E-state index contributed by atoms with van der Waals surface area (Å²) in [7, 11) is 2.26. The highest BCUT2D eigenvalue weighted by molar-refractivity contribution is 4.97. The Morgan fingerprint density at radius 3 is 0.788 bits per heavy atom. The van der Waals surface area contributed by atoms with Gasteiger partial charge in [-0.25, -0.2) is 0 Å². The molecule has 624 valence electrons. The second kappa shape index (κ2) is 56.6. The first-order valence-corrected chi connectivity index (χ1v) is 44.8. The molecular weight excluding hydrogens is 1280 g/mol. The Kier molecular flexibility index (Phi) is 55.2. The van der Waals surface area contributed by atoms with Crippen molar-refractivity contribution in [2.24, 2.45) is 23.7 Å². The summed E-state index contributed by atoms with van der Waals surface area (Å²) in [6, 6.07) is 14.0. The molecule has 8 bridgehead atoms. The van der Waals surface area contributed by atoms with Crippen LogP contribution in [0.5, 0.6) is 0 Å². The van der Waals surface area contributed by atoms with E-state index in [2.05, 4.69) is 285 Å². The minimum atomic E-state index is 0.396. The van der Waals surface area contributed by atoms with Crippen molar-refractivity contribution < 1.29 is 14.2 Å². The molecule has 0 aromatic rings. The van der Waals surface area contributed by atoms with Crippen molar-refractivity contribution in [2.45, 2.75) is 514 Å². The van der Waals surface area contributed by atoms with Crippen molar-refractivity contribution in [1.29, 1.82) is 0 Å². The Hall–Kier alpha value is -0.560. The zero-order chi connectivity index (χ0) is 78.9. The standard InChI is InChI=1S/C12H26N2.2C11H24N2.C10H20N2.3C10H19NO.4C4H10/c1-10(2)13(5)12-6-8-14(9-7-12)11(3)4;1-9(2)12-11-5-7-13(8-6-11)10(3)4;1-9(2)12-11-6-5-7-13(8-11)10(3)4;1-7(2)11-10-5-8-3-4-9(6-10)12-8;3*1-7(2)12-10-5-8-3-4-9(6-10)11-8;4*1-4(2)3/h10-12H,6-9H2,1-5H3;2*9-12H,5-8H2,1-4H3;7-12H,3-6H2,1-2H3;3*7-11H,3-6H2,1-2H3;4*4H,1-3H3/t;;11-;4*8-,9+,10?;;;;/m..0......../s1. The van der Waals surface area contributed by atoms with Crippen LogP contribution >= 0.6 is 0 Å². The molecule has 104 heavy (non-hydrogen) atoms. The smallest absolute Gasteiger partial charge is 0.0608 e. The molecule has 11 rings (SSSR count). The van der Waals surface area contributed by atoms with Crippen molar-refractivity contribution in [2.75, 3.05) is 46.3 Å². The third-order valence-corrected chi connectivity index (χ3v) is 20.9. The predicted octanol–water partition coefficient (Wildman–Crippen LogP) is 18.9. The van der Waals surface area contributed by atoms with E-state index < -0.39 is 0 Å². The summed E-state index contributed by atoms with van der Waals surface area (Å²) in [6.45, 7) is 78.1. The first-order chi connectivity index (χ1) is 48.6. The molecule has 11 fully saturated rings. The van der Waals surface area contributed by atoms with Crippen molar-refractivity contribution in [1.82, 2.24) is 56.8 Å². The lowest BCUT2D eigenvalue weighted by atomic mass is 9.99. The van der Waals surface area contributed by atoms with Gasteiger partial charge < -0.3 is 66.1 Å². The van der Waals surface area contributed by atoms with Gasteiger partial charge in [0.1, 0.15) is 0 Å². The molecule has 0 spiro atoms. The van der Waals surface area contributed by atoms with E-state index in [4.69, 9.17) is 14.2 Å². The first kappa shape index (κ1) is 101. The second-order valence-electron chi connectivity index (χ2n) is 39.4. The average molecular weight is 1480 g/mol. The fourth-order valence-electron chi connectivity index (χ4n) is 16.5. The summed E-state index contributed by atoms with van der Waals surface area (Å²) in [5, 5.41) is 25.4. The summed E-state index contributed by atoms with van der Waals surface area (Å²) in [5.41, 5.74) is 0. The minimum Gasteiger partial charge on any atom is -0.375 e. The van der Waals surface area contributed by atoms with Crippen molar-refractivity contribution in [3.05, 3.63) is 0 Å². The molecule has 14 heteroatoms. The van der Waals surface area contributed by atoms with Crippen LogP contribution in [0, 0.1) is 23.7 Å².